The average Bonchev–Trinajstić information content (AvgIpc) is 3.00. The molecule has 0 amide bonds. The van der Waals surface area contributed by atoms with Crippen LogP contribution in [0.4, 0.5) is 13.2 Å². The van der Waals surface area contributed by atoms with E-state index in [1.807, 2.05) is 11.8 Å². The summed E-state index contributed by atoms with van der Waals surface area (Å²) in [5, 5.41) is 6.43. The normalized spacial score (nSPS) is 21.2. The monoisotopic (exact) mass is 375 g/mol. The Labute approximate surface area is 150 Å². The number of para-hydroxylation sites is 1. The molecular formula is C17H24F3N3OS. The lowest BCUT2D eigenvalue weighted by Crippen LogP contribution is -2.43. The highest BCUT2D eigenvalue weighted by Gasteiger charge is 2.30. The van der Waals surface area contributed by atoms with E-state index >= 15 is 0 Å². The van der Waals surface area contributed by atoms with Crippen molar-refractivity contribution < 1.29 is 17.9 Å². The molecule has 4 nitrogen and oxygen atoms in total. The Morgan fingerprint density at radius 2 is 2.08 bits per heavy atom. The van der Waals surface area contributed by atoms with Crippen LogP contribution in [0.25, 0.3) is 0 Å². The van der Waals surface area contributed by atoms with E-state index in [4.69, 9.17) is 4.74 Å². The fourth-order valence-corrected chi connectivity index (χ4v) is 3.84. The third-order valence-corrected chi connectivity index (χ3v) is 5.50. The molecule has 1 heterocycles. The van der Waals surface area contributed by atoms with Crippen LogP contribution in [-0.4, -0.2) is 42.8 Å². The van der Waals surface area contributed by atoms with E-state index in [2.05, 4.69) is 22.5 Å². The molecule has 1 fully saturated rings. The van der Waals surface area contributed by atoms with E-state index in [0.717, 1.165) is 13.0 Å². The number of aliphatic imine (C=N–C) groups is 1. The molecule has 1 aliphatic rings. The molecule has 1 atom stereocenters. The smallest absolute Gasteiger partial charge is 0.422 e. The van der Waals surface area contributed by atoms with E-state index < -0.39 is 12.8 Å². The number of thioether (sulfide) groups is 1. The largest absolute Gasteiger partial charge is 0.484 e. The first kappa shape index (κ1) is 19.8. The number of benzene rings is 1. The standard InChI is InChI=1S/C17H24F3N3OS/c1-16(8-5-9-25-16)11-23-15(21-2)22-10-13-6-3-4-7-14(13)24-12-17(18,19)20/h3-4,6-7H,5,8-12H2,1-2H3,(H2,21,22,23). The van der Waals surface area contributed by atoms with Crippen molar-refractivity contribution in [3.05, 3.63) is 29.8 Å². The minimum atomic E-state index is -4.35. The van der Waals surface area contributed by atoms with Gasteiger partial charge in [-0.25, -0.2) is 0 Å². The topological polar surface area (TPSA) is 45.7 Å². The van der Waals surface area contributed by atoms with Gasteiger partial charge in [-0.3, -0.25) is 4.99 Å². The van der Waals surface area contributed by atoms with Crippen molar-refractivity contribution >= 4 is 17.7 Å². The van der Waals surface area contributed by atoms with Crippen LogP contribution < -0.4 is 15.4 Å². The SMILES string of the molecule is CN=C(NCc1ccccc1OCC(F)(F)F)NCC1(C)CCCS1. The minimum absolute atomic E-state index is 0.200. The van der Waals surface area contributed by atoms with E-state index in [1.54, 1.807) is 25.2 Å². The number of rotatable bonds is 6. The molecule has 0 bridgehead atoms. The van der Waals surface area contributed by atoms with Crippen LogP contribution in [0.2, 0.25) is 0 Å². The quantitative estimate of drug-likeness (QED) is 0.589. The predicted molar refractivity (Wildman–Crippen MR) is 96.3 cm³/mol. The highest BCUT2D eigenvalue weighted by Crippen LogP contribution is 2.36. The summed E-state index contributed by atoms with van der Waals surface area (Å²) in [6.45, 7) is 2.05. The van der Waals surface area contributed by atoms with Crippen LogP contribution in [0.1, 0.15) is 25.3 Å². The van der Waals surface area contributed by atoms with Gasteiger partial charge in [0.2, 0.25) is 0 Å². The second-order valence-electron chi connectivity index (χ2n) is 6.19. The first-order valence-corrected chi connectivity index (χ1v) is 9.16. The van der Waals surface area contributed by atoms with E-state index in [-0.39, 0.29) is 10.5 Å². The fourth-order valence-electron chi connectivity index (χ4n) is 2.60. The zero-order valence-electron chi connectivity index (χ0n) is 14.4. The zero-order chi connectivity index (χ0) is 18.3. The molecule has 0 saturated carbocycles. The molecule has 1 aromatic carbocycles. The summed E-state index contributed by atoms with van der Waals surface area (Å²) in [5.74, 6) is 2.02. The van der Waals surface area contributed by atoms with Gasteiger partial charge in [-0.1, -0.05) is 18.2 Å². The van der Waals surface area contributed by atoms with Crippen molar-refractivity contribution in [3.8, 4) is 5.75 Å². The van der Waals surface area contributed by atoms with Crippen molar-refractivity contribution in [1.29, 1.82) is 0 Å². The Morgan fingerprint density at radius 1 is 1.32 bits per heavy atom. The molecule has 2 N–H and O–H groups in total. The van der Waals surface area contributed by atoms with E-state index in [0.29, 0.717) is 18.1 Å². The number of alkyl halides is 3. The average molecular weight is 375 g/mol. The molecule has 0 aliphatic carbocycles. The number of hydrogen-bond acceptors (Lipinski definition) is 3. The van der Waals surface area contributed by atoms with Gasteiger partial charge in [-0.2, -0.15) is 24.9 Å². The molecule has 1 aliphatic heterocycles. The summed E-state index contributed by atoms with van der Waals surface area (Å²) in [4.78, 5) is 4.17. The Hall–Kier alpha value is -1.57. The third kappa shape index (κ3) is 6.68. The highest BCUT2D eigenvalue weighted by atomic mass is 32.2. The van der Waals surface area contributed by atoms with Gasteiger partial charge in [0, 0.05) is 30.4 Å². The Kier molecular flexibility index (Phi) is 6.87. The summed E-state index contributed by atoms with van der Waals surface area (Å²) in [6, 6.07) is 6.69. The summed E-state index contributed by atoms with van der Waals surface area (Å²) in [6.07, 6.45) is -1.97. The summed E-state index contributed by atoms with van der Waals surface area (Å²) >= 11 is 1.95. The molecule has 1 saturated heterocycles. The molecule has 0 radical (unpaired) electrons. The maximum Gasteiger partial charge on any atom is 0.422 e. The van der Waals surface area contributed by atoms with Crippen LogP contribution in [0.5, 0.6) is 5.75 Å². The molecular weight excluding hydrogens is 351 g/mol. The van der Waals surface area contributed by atoms with Crippen LogP contribution in [0, 0.1) is 0 Å². The number of guanidine groups is 1. The van der Waals surface area contributed by atoms with Gasteiger partial charge < -0.3 is 15.4 Å². The van der Waals surface area contributed by atoms with Crippen molar-refractivity contribution in [1.82, 2.24) is 10.6 Å². The molecule has 0 spiro atoms. The van der Waals surface area contributed by atoms with Crippen molar-refractivity contribution in [2.45, 2.75) is 37.2 Å². The first-order valence-electron chi connectivity index (χ1n) is 8.17. The van der Waals surface area contributed by atoms with Crippen LogP contribution in [-0.2, 0) is 6.54 Å². The molecule has 8 heteroatoms. The molecule has 25 heavy (non-hydrogen) atoms. The van der Waals surface area contributed by atoms with Gasteiger partial charge in [0.1, 0.15) is 5.75 Å². The fraction of sp³-hybridized carbons (Fsp3) is 0.588. The zero-order valence-corrected chi connectivity index (χ0v) is 15.3. The predicted octanol–water partition coefficient (Wildman–Crippen LogP) is 3.58. The minimum Gasteiger partial charge on any atom is -0.484 e. The van der Waals surface area contributed by atoms with Crippen molar-refractivity contribution in [3.63, 3.8) is 0 Å². The Balaban J connectivity index is 1.88. The summed E-state index contributed by atoms with van der Waals surface area (Å²) in [7, 11) is 1.67. The van der Waals surface area contributed by atoms with Gasteiger partial charge in [-0.05, 0) is 31.6 Å². The van der Waals surface area contributed by atoms with Crippen LogP contribution in [0.3, 0.4) is 0 Å². The number of hydrogen-bond donors (Lipinski definition) is 2. The van der Waals surface area contributed by atoms with E-state index in [9.17, 15) is 13.2 Å². The van der Waals surface area contributed by atoms with Crippen LogP contribution in [0.15, 0.2) is 29.3 Å². The van der Waals surface area contributed by atoms with Gasteiger partial charge in [-0.15, -0.1) is 0 Å². The Morgan fingerprint density at radius 3 is 2.72 bits per heavy atom. The van der Waals surface area contributed by atoms with E-state index in [1.165, 1.54) is 18.2 Å². The summed E-state index contributed by atoms with van der Waals surface area (Å²) in [5.41, 5.74) is 0.649. The first-order chi connectivity index (χ1) is 11.8. The molecule has 140 valence electrons. The second-order valence-corrected chi connectivity index (χ2v) is 7.88. The van der Waals surface area contributed by atoms with Gasteiger partial charge in [0.25, 0.3) is 0 Å². The molecule has 1 unspecified atom stereocenters. The van der Waals surface area contributed by atoms with Crippen LogP contribution >= 0.6 is 11.8 Å². The lowest BCUT2D eigenvalue weighted by Gasteiger charge is -2.24. The van der Waals surface area contributed by atoms with Gasteiger partial charge in [0.15, 0.2) is 12.6 Å². The highest BCUT2D eigenvalue weighted by molar-refractivity contribution is 8.00. The van der Waals surface area contributed by atoms with Gasteiger partial charge in [0.05, 0.1) is 0 Å². The maximum absolute atomic E-state index is 12.4. The molecule has 2 rings (SSSR count). The van der Waals surface area contributed by atoms with Gasteiger partial charge >= 0.3 is 6.18 Å². The lowest BCUT2D eigenvalue weighted by molar-refractivity contribution is -0.153. The number of nitrogens with one attached hydrogen (secondary N) is 2. The second kappa shape index (κ2) is 8.69. The number of halogens is 3. The number of nitrogens with zero attached hydrogens (tertiary/aromatic N) is 1. The maximum atomic E-state index is 12.4. The third-order valence-electron chi connectivity index (χ3n) is 3.96. The number of ether oxygens (including phenoxy) is 1. The molecule has 1 aromatic rings. The summed E-state index contributed by atoms with van der Waals surface area (Å²) < 4.78 is 42.2. The lowest BCUT2D eigenvalue weighted by atomic mass is 10.1. The van der Waals surface area contributed by atoms with Crippen molar-refractivity contribution in [2.75, 3.05) is 26.0 Å². The Bertz CT molecular complexity index is 587. The van der Waals surface area contributed by atoms with Crippen molar-refractivity contribution in [2.24, 2.45) is 4.99 Å². The molecule has 0 aromatic heterocycles.